The van der Waals surface area contributed by atoms with E-state index in [-0.39, 0.29) is 5.91 Å². The summed E-state index contributed by atoms with van der Waals surface area (Å²) in [7, 11) is 0. The minimum Gasteiger partial charge on any atom is -0.365 e. The number of aryl methyl sites for hydroxylation is 2. The van der Waals surface area contributed by atoms with Gasteiger partial charge in [0.25, 0.3) is 5.91 Å². The van der Waals surface area contributed by atoms with E-state index in [4.69, 9.17) is 0 Å². The number of rotatable bonds is 2. The number of piperazine rings is 1. The molecule has 1 saturated heterocycles. The van der Waals surface area contributed by atoms with E-state index in [1.165, 1.54) is 5.69 Å². The molecule has 0 unspecified atom stereocenters. The molecule has 1 aromatic carbocycles. The largest absolute Gasteiger partial charge is 0.365 e. The molecule has 0 aliphatic carbocycles. The zero-order valence-electron chi connectivity index (χ0n) is 14.0. The molecule has 1 fully saturated rings. The summed E-state index contributed by atoms with van der Waals surface area (Å²) in [5, 5.41) is 8.30. The van der Waals surface area contributed by atoms with Gasteiger partial charge < -0.3 is 14.8 Å². The van der Waals surface area contributed by atoms with Gasteiger partial charge >= 0.3 is 0 Å². The summed E-state index contributed by atoms with van der Waals surface area (Å²) in [6.07, 6.45) is 1.82. The summed E-state index contributed by atoms with van der Waals surface area (Å²) >= 11 is 0. The first-order chi connectivity index (χ1) is 11.6. The molecule has 0 saturated carbocycles. The Morgan fingerprint density at radius 1 is 1.12 bits per heavy atom. The lowest BCUT2D eigenvalue weighted by Crippen LogP contribution is -2.49. The van der Waals surface area contributed by atoms with Crippen LogP contribution in [0.5, 0.6) is 0 Å². The first kappa shape index (κ1) is 14.8. The van der Waals surface area contributed by atoms with Gasteiger partial charge in [-0.15, -0.1) is 0 Å². The molecular weight excluding hydrogens is 302 g/mol. The average molecular weight is 323 g/mol. The lowest BCUT2D eigenvalue weighted by Gasteiger charge is -2.36. The van der Waals surface area contributed by atoms with Crippen LogP contribution in [0.2, 0.25) is 0 Å². The second-order valence-corrected chi connectivity index (χ2v) is 6.31. The third-order valence-electron chi connectivity index (χ3n) is 4.79. The molecule has 0 spiro atoms. The highest BCUT2D eigenvalue weighted by molar-refractivity contribution is 6.06. The Morgan fingerprint density at radius 2 is 1.88 bits per heavy atom. The number of nitrogens with one attached hydrogen (secondary N) is 2. The summed E-state index contributed by atoms with van der Waals surface area (Å²) in [5.41, 5.74) is 5.04. The predicted octanol–water partition coefficient (Wildman–Crippen LogP) is 2.47. The van der Waals surface area contributed by atoms with Crippen LogP contribution in [0, 0.1) is 13.8 Å². The highest BCUT2D eigenvalue weighted by Crippen LogP contribution is 2.25. The lowest BCUT2D eigenvalue weighted by molar-refractivity contribution is 0.0749. The molecule has 1 aliphatic heterocycles. The minimum atomic E-state index is 0.104. The number of nitrogens with zero attached hydrogens (tertiary/aromatic N) is 3. The van der Waals surface area contributed by atoms with Crippen molar-refractivity contribution < 1.29 is 4.79 Å². The van der Waals surface area contributed by atoms with Gasteiger partial charge in [-0.3, -0.25) is 9.89 Å². The van der Waals surface area contributed by atoms with Gasteiger partial charge in [0.05, 0.1) is 22.6 Å². The number of aromatic amines is 2. The Kier molecular flexibility index (Phi) is 3.52. The van der Waals surface area contributed by atoms with Crippen LogP contribution in [0.25, 0.3) is 10.9 Å². The van der Waals surface area contributed by atoms with Crippen molar-refractivity contribution in [2.75, 3.05) is 31.1 Å². The first-order valence-electron chi connectivity index (χ1n) is 8.27. The standard InChI is InChI=1S/C18H21N5O/c1-12-17(13(2)21-20-12)22-7-9-23(10-8-22)18(24)15-11-19-16-6-4-3-5-14(15)16/h3-6,11,19H,7-10H2,1-2H3,(H,20,21). The summed E-state index contributed by atoms with van der Waals surface area (Å²) in [6, 6.07) is 7.93. The van der Waals surface area contributed by atoms with Gasteiger partial charge in [0.1, 0.15) is 0 Å². The number of H-pyrrole nitrogens is 2. The number of fused-ring (bicyclic) bond motifs is 1. The smallest absolute Gasteiger partial charge is 0.256 e. The van der Waals surface area contributed by atoms with Crippen LogP contribution in [-0.2, 0) is 0 Å². The van der Waals surface area contributed by atoms with Crippen molar-refractivity contribution in [2.24, 2.45) is 0 Å². The van der Waals surface area contributed by atoms with Crippen LogP contribution in [0.4, 0.5) is 5.69 Å². The maximum Gasteiger partial charge on any atom is 0.256 e. The summed E-state index contributed by atoms with van der Waals surface area (Å²) < 4.78 is 0. The van der Waals surface area contributed by atoms with Crippen LogP contribution in [0.3, 0.4) is 0 Å². The normalized spacial score (nSPS) is 15.2. The molecular formula is C18H21N5O. The van der Waals surface area contributed by atoms with E-state index in [0.29, 0.717) is 0 Å². The molecule has 2 aromatic heterocycles. The Hall–Kier alpha value is -2.76. The fourth-order valence-corrected chi connectivity index (χ4v) is 3.56. The highest BCUT2D eigenvalue weighted by atomic mass is 16.2. The van der Waals surface area contributed by atoms with Gasteiger partial charge in [-0.1, -0.05) is 18.2 Å². The average Bonchev–Trinajstić information content (AvgIpc) is 3.18. The van der Waals surface area contributed by atoms with E-state index in [2.05, 4.69) is 20.1 Å². The van der Waals surface area contributed by atoms with Crippen LogP contribution >= 0.6 is 0 Å². The van der Waals surface area contributed by atoms with E-state index in [0.717, 1.165) is 54.0 Å². The van der Waals surface area contributed by atoms with E-state index >= 15 is 0 Å². The zero-order valence-corrected chi connectivity index (χ0v) is 14.0. The number of aromatic nitrogens is 3. The Bertz CT molecular complexity index is 866. The lowest BCUT2D eigenvalue weighted by atomic mass is 10.1. The fraction of sp³-hybridized carbons (Fsp3) is 0.333. The van der Waals surface area contributed by atoms with Gasteiger partial charge in [0, 0.05) is 43.3 Å². The first-order valence-corrected chi connectivity index (χ1v) is 8.27. The fourth-order valence-electron chi connectivity index (χ4n) is 3.56. The number of para-hydroxylation sites is 1. The van der Waals surface area contributed by atoms with Crippen molar-refractivity contribution in [1.29, 1.82) is 0 Å². The molecule has 1 aliphatic rings. The molecule has 0 bridgehead atoms. The molecule has 0 atom stereocenters. The van der Waals surface area contributed by atoms with Crippen molar-refractivity contribution in [2.45, 2.75) is 13.8 Å². The number of benzene rings is 1. The minimum absolute atomic E-state index is 0.104. The Morgan fingerprint density at radius 3 is 2.58 bits per heavy atom. The quantitative estimate of drug-likeness (QED) is 0.761. The molecule has 4 rings (SSSR count). The number of hydrogen-bond acceptors (Lipinski definition) is 3. The molecule has 124 valence electrons. The molecule has 1 amide bonds. The number of carbonyl (C=O) groups is 1. The Balaban J connectivity index is 1.51. The number of amides is 1. The van der Waals surface area contributed by atoms with Crippen LogP contribution < -0.4 is 4.90 Å². The number of carbonyl (C=O) groups excluding carboxylic acids is 1. The van der Waals surface area contributed by atoms with Crippen molar-refractivity contribution in [1.82, 2.24) is 20.1 Å². The summed E-state index contributed by atoms with van der Waals surface area (Å²) in [4.78, 5) is 20.3. The monoisotopic (exact) mass is 323 g/mol. The van der Waals surface area contributed by atoms with E-state index in [1.807, 2.05) is 49.2 Å². The van der Waals surface area contributed by atoms with Crippen molar-refractivity contribution in [3.05, 3.63) is 47.4 Å². The van der Waals surface area contributed by atoms with Crippen LogP contribution in [0.15, 0.2) is 30.5 Å². The molecule has 6 nitrogen and oxygen atoms in total. The van der Waals surface area contributed by atoms with Crippen LogP contribution in [0.1, 0.15) is 21.7 Å². The molecule has 6 heteroatoms. The molecule has 2 N–H and O–H groups in total. The second kappa shape index (κ2) is 5.70. The van der Waals surface area contributed by atoms with E-state index in [1.54, 1.807) is 0 Å². The summed E-state index contributed by atoms with van der Waals surface area (Å²) in [6.45, 7) is 7.16. The number of hydrogen-bond donors (Lipinski definition) is 2. The Labute approximate surface area is 140 Å². The van der Waals surface area contributed by atoms with Gasteiger partial charge in [0.15, 0.2) is 0 Å². The van der Waals surface area contributed by atoms with E-state index < -0.39 is 0 Å². The third kappa shape index (κ3) is 2.35. The van der Waals surface area contributed by atoms with Crippen molar-refractivity contribution >= 4 is 22.5 Å². The van der Waals surface area contributed by atoms with Gasteiger partial charge in [-0.05, 0) is 19.9 Å². The maximum atomic E-state index is 12.9. The molecule has 3 heterocycles. The predicted molar refractivity (Wildman–Crippen MR) is 94.5 cm³/mol. The SMILES string of the molecule is Cc1n[nH]c(C)c1N1CCN(C(=O)c2c[nH]c3ccccc23)CC1. The molecule has 3 aromatic rings. The van der Waals surface area contributed by atoms with Crippen molar-refractivity contribution in [3.8, 4) is 0 Å². The maximum absolute atomic E-state index is 12.9. The van der Waals surface area contributed by atoms with E-state index in [9.17, 15) is 4.79 Å². The van der Waals surface area contributed by atoms with Gasteiger partial charge in [0.2, 0.25) is 0 Å². The molecule has 0 radical (unpaired) electrons. The third-order valence-corrected chi connectivity index (χ3v) is 4.79. The molecule has 24 heavy (non-hydrogen) atoms. The topological polar surface area (TPSA) is 68.0 Å². The zero-order chi connectivity index (χ0) is 16.7. The summed E-state index contributed by atoms with van der Waals surface area (Å²) in [5.74, 6) is 0.104. The van der Waals surface area contributed by atoms with Gasteiger partial charge in [-0.25, -0.2) is 0 Å². The van der Waals surface area contributed by atoms with Crippen LogP contribution in [-0.4, -0.2) is 52.2 Å². The number of anilines is 1. The van der Waals surface area contributed by atoms with Crippen molar-refractivity contribution in [3.63, 3.8) is 0 Å². The second-order valence-electron chi connectivity index (χ2n) is 6.31. The highest BCUT2D eigenvalue weighted by Gasteiger charge is 2.26. The van der Waals surface area contributed by atoms with Gasteiger partial charge in [-0.2, -0.15) is 5.10 Å².